The van der Waals surface area contributed by atoms with Gasteiger partial charge in [-0.3, -0.25) is 9.69 Å². The normalized spacial score (nSPS) is 23.4. The second-order valence-electron chi connectivity index (χ2n) is 7.96. The number of nitriles is 1. The lowest BCUT2D eigenvalue weighted by Crippen LogP contribution is -2.41. The predicted octanol–water partition coefficient (Wildman–Crippen LogP) is 1.60. The molecule has 1 N–H and O–H groups in total. The molecule has 29 heavy (non-hydrogen) atoms. The van der Waals surface area contributed by atoms with Crippen molar-refractivity contribution >= 4 is 21.6 Å². The van der Waals surface area contributed by atoms with Crippen molar-refractivity contribution in [2.45, 2.75) is 58.7 Å². The van der Waals surface area contributed by atoms with E-state index in [0.29, 0.717) is 30.9 Å². The summed E-state index contributed by atoms with van der Waals surface area (Å²) in [7, 11) is -3.01. The van der Waals surface area contributed by atoms with Crippen molar-refractivity contribution in [3.05, 3.63) is 16.8 Å². The van der Waals surface area contributed by atoms with Gasteiger partial charge in [0.2, 0.25) is 5.91 Å². The molecule has 1 amide bonds. The van der Waals surface area contributed by atoms with E-state index < -0.39 is 9.84 Å². The second-order valence-corrected chi connectivity index (χ2v) is 10.2. The van der Waals surface area contributed by atoms with Crippen LogP contribution in [0, 0.1) is 25.2 Å². The van der Waals surface area contributed by atoms with Crippen molar-refractivity contribution < 1.29 is 17.9 Å². The van der Waals surface area contributed by atoms with Gasteiger partial charge in [-0.25, -0.2) is 8.42 Å². The molecule has 0 aliphatic carbocycles. The molecule has 2 fully saturated rings. The highest BCUT2D eigenvalue weighted by Crippen LogP contribution is 2.28. The lowest BCUT2D eigenvalue weighted by atomic mass is 10.2. The topological polar surface area (TPSA) is 104 Å². The summed E-state index contributed by atoms with van der Waals surface area (Å²) < 4.78 is 31.3. The van der Waals surface area contributed by atoms with Crippen LogP contribution in [0.15, 0.2) is 0 Å². The quantitative estimate of drug-likeness (QED) is 0.716. The molecule has 0 bridgehead atoms. The van der Waals surface area contributed by atoms with Crippen molar-refractivity contribution in [2.75, 3.05) is 36.5 Å². The molecule has 8 nitrogen and oxygen atoms in total. The van der Waals surface area contributed by atoms with Gasteiger partial charge < -0.3 is 14.6 Å². The van der Waals surface area contributed by atoms with Gasteiger partial charge in [-0.15, -0.1) is 0 Å². The van der Waals surface area contributed by atoms with E-state index in [1.807, 2.05) is 30.2 Å². The van der Waals surface area contributed by atoms with Gasteiger partial charge in [0.1, 0.15) is 11.9 Å². The molecule has 0 unspecified atom stereocenters. The average molecular weight is 423 g/mol. The van der Waals surface area contributed by atoms with Gasteiger partial charge in [-0.05, 0) is 45.2 Å². The zero-order chi connectivity index (χ0) is 21.2. The number of nitrogens with zero attached hydrogens (tertiary/aromatic N) is 3. The van der Waals surface area contributed by atoms with Crippen LogP contribution in [0.3, 0.4) is 0 Å². The molecule has 0 radical (unpaired) electrons. The van der Waals surface area contributed by atoms with E-state index in [2.05, 4.69) is 11.4 Å². The number of aromatic nitrogens is 1. The SMILES string of the molecule is CCN(CC(=O)Nc1c(C#N)c(C)c(C)n1C[C@@H]1CCCO1)[C@H]1CCS(=O)(=O)C1. The van der Waals surface area contributed by atoms with Gasteiger partial charge in [-0.2, -0.15) is 5.26 Å². The molecule has 2 saturated heterocycles. The zero-order valence-electron chi connectivity index (χ0n) is 17.4. The highest BCUT2D eigenvalue weighted by atomic mass is 32.2. The van der Waals surface area contributed by atoms with Crippen molar-refractivity contribution in [1.29, 1.82) is 5.26 Å². The number of likely N-dealkylation sites (N-methyl/N-ethyl adjacent to an activating group) is 1. The maximum atomic E-state index is 12.8. The summed E-state index contributed by atoms with van der Waals surface area (Å²) in [4.78, 5) is 14.7. The molecule has 160 valence electrons. The van der Waals surface area contributed by atoms with E-state index in [4.69, 9.17) is 4.74 Å². The lowest BCUT2D eigenvalue weighted by molar-refractivity contribution is -0.117. The minimum Gasteiger partial charge on any atom is -0.376 e. The highest BCUT2D eigenvalue weighted by Gasteiger charge is 2.33. The van der Waals surface area contributed by atoms with Crippen LogP contribution in [0.2, 0.25) is 0 Å². The first-order chi connectivity index (χ1) is 13.8. The number of nitrogens with one attached hydrogen (secondary N) is 1. The van der Waals surface area contributed by atoms with Crippen molar-refractivity contribution in [3.8, 4) is 6.07 Å². The van der Waals surface area contributed by atoms with E-state index in [9.17, 15) is 18.5 Å². The van der Waals surface area contributed by atoms with Crippen molar-refractivity contribution in [3.63, 3.8) is 0 Å². The fourth-order valence-corrected chi connectivity index (χ4v) is 6.03. The van der Waals surface area contributed by atoms with Crippen LogP contribution in [0.1, 0.15) is 43.0 Å². The summed E-state index contributed by atoms with van der Waals surface area (Å²) in [6.07, 6.45) is 2.62. The molecule has 1 aromatic heterocycles. The first-order valence-electron chi connectivity index (χ1n) is 10.2. The standard InChI is InChI=1S/C20H30N4O4S/c1-4-23(16-7-9-29(26,27)13-16)12-19(25)22-20-18(10-21)14(2)15(3)24(20)11-17-6-5-8-28-17/h16-17H,4-9,11-13H2,1-3H3,(H,22,25)/t16-,17-/m0/s1. The third-order valence-electron chi connectivity index (χ3n) is 6.09. The predicted molar refractivity (Wildman–Crippen MR) is 111 cm³/mol. The maximum Gasteiger partial charge on any atom is 0.239 e. The van der Waals surface area contributed by atoms with Gasteiger partial charge in [0.05, 0.1) is 36.3 Å². The van der Waals surface area contributed by atoms with Crippen LogP contribution in [0.25, 0.3) is 0 Å². The Morgan fingerprint density at radius 2 is 2.14 bits per heavy atom. The Morgan fingerprint density at radius 1 is 1.38 bits per heavy atom. The number of hydrogen-bond acceptors (Lipinski definition) is 6. The van der Waals surface area contributed by atoms with Crippen LogP contribution in [-0.2, 0) is 25.9 Å². The molecule has 0 saturated carbocycles. The molecule has 9 heteroatoms. The number of ether oxygens (including phenoxy) is 1. The Hall–Kier alpha value is -1.89. The molecule has 3 heterocycles. The van der Waals surface area contributed by atoms with Crippen LogP contribution in [0.4, 0.5) is 5.82 Å². The largest absolute Gasteiger partial charge is 0.376 e. The number of anilines is 1. The first kappa shape index (κ1) is 21.8. The summed E-state index contributed by atoms with van der Waals surface area (Å²) in [5, 5.41) is 12.6. The monoisotopic (exact) mass is 422 g/mol. The van der Waals surface area contributed by atoms with E-state index in [1.54, 1.807) is 0 Å². The maximum absolute atomic E-state index is 12.8. The van der Waals surface area contributed by atoms with Gasteiger partial charge in [-0.1, -0.05) is 6.92 Å². The molecule has 2 aliphatic heterocycles. The molecule has 0 aromatic carbocycles. The lowest BCUT2D eigenvalue weighted by Gasteiger charge is -2.26. The first-order valence-corrected chi connectivity index (χ1v) is 12.0. The molecule has 2 atom stereocenters. The number of carbonyl (C=O) groups is 1. The summed E-state index contributed by atoms with van der Waals surface area (Å²) in [6.45, 7) is 7.79. The smallest absolute Gasteiger partial charge is 0.239 e. The van der Waals surface area contributed by atoms with Crippen LogP contribution in [0.5, 0.6) is 0 Å². The van der Waals surface area contributed by atoms with Gasteiger partial charge in [0, 0.05) is 18.3 Å². The van der Waals surface area contributed by atoms with E-state index in [-0.39, 0.29) is 36.1 Å². The summed E-state index contributed by atoms with van der Waals surface area (Å²) in [6, 6.07) is 2.09. The Labute approximate surface area is 172 Å². The number of hydrogen-bond donors (Lipinski definition) is 1. The summed E-state index contributed by atoms with van der Waals surface area (Å²) in [5.74, 6) is 0.555. The Morgan fingerprint density at radius 3 is 2.69 bits per heavy atom. The van der Waals surface area contributed by atoms with Crippen LogP contribution >= 0.6 is 0 Å². The molecule has 2 aliphatic rings. The van der Waals surface area contributed by atoms with E-state index in [1.165, 1.54) is 0 Å². The fraction of sp³-hybridized carbons (Fsp3) is 0.700. The number of sulfone groups is 1. The summed E-state index contributed by atoms with van der Waals surface area (Å²) >= 11 is 0. The number of amides is 1. The van der Waals surface area contributed by atoms with Gasteiger partial charge in [0.15, 0.2) is 9.84 Å². The molecule has 3 rings (SSSR count). The highest BCUT2D eigenvalue weighted by molar-refractivity contribution is 7.91. The second kappa shape index (κ2) is 8.86. The van der Waals surface area contributed by atoms with Crippen LogP contribution < -0.4 is 5.32 Å². The Balaban J connectivity index is 1.76. The minimum absolute atomic E-state index is 0.0820. The van der Waals surface area contributed by atoms with E-state index in [0.717, 1.165) is 30.7 Å². The molecular weight excluding hydrogens is 392 g/mol. The molecular formula is C20H30N4O4S. The fourth-order valence-electron chi connectivity index (χ4n) is 4.27. The molecule has 1 aromatic rings. The van der Waals surface area contributed by atoms with Crippen LogP contribution in [-0.4, -0.2) is 67.1 Å². The number of carbonyl (C=O) groups excluding carboxylic acids is 1. The Bertz CT molecular complexity index is 910. The average Bonchev–Trinajstić information content (AvgIpc) is 3.36. The zero-order valence-corrected chi connectivity index (χ0v) is 18.2. The third kappa shape index (κ3) is 4.82. The number of rotatable bonds is 7. The van der Waals surface area contributed by atoms with Gasteiger partial charge >= 0.3 is 0 Å². The minimum atomic E-state index is -3.01. The van der Waals surface area contributed by atoms with Crippen molar-refractivity contribution in [2.24, 2.45) is 0 Å². The van der Waals surface area contributed by atoms with E-state index >= 15 is 0 Å². The third-order valence-corrected chi connectivity index (χ3v) is 7.84. The molecule has 0 spiro atoms. The summed E-state index contributed by atoms with van der Waals surface area (Å²) in [5.41, 5.74) is 2.27. The Kier molecular flexibility index (Phi) is 6.66. The van der Waals surface area contributed by atoms with Gasteiger partial charge in [0.25, 0.3) is 0 Å². The van der Waals surface area contributed by atoms with Crippen molar-refractivity contribution in [1.82, 2.24) is 9.47 Å².